The number of hydrogen-bond acceptors (Lipinski definition) is 7. The summed E-state index contributed by atoms with van der Waals surface area (Å²) in [6.07, 6.45) is 4.02. The monoisotopic (exact) mass is 473 g/mol. The van der Waals surface area contributed by atoms with Crippen LogP contribution < -0.4 is 0 Å². The lowest BCUT2D eigenvalue weighted by Crippen LogP contribution is -2.34. The molecule has 0 aromatic rings. The Hall–Kier alpha value is 0.200. The van der Waals surface area contributed by atoms with E-state index in [0.29, 0.717) is 59.5 Å². The highest BCUT2D eigenvalue weighted by Crippen LogP contribution is 1.95. The van der Waals surface area contributed by atoms with Crippen LogP contribution >= 0.6 is 15.9 Å². The molecule has 0 saturated heterocycles. The summed E-state index contributed by atoms with van der Waals surface area (Å²) in [4.78, 5) is 2.27. The van der Waals surface area contributed by atoms with Crippen molar-refractivity contribution in [2.45, 2.75) is 26.2 Å². The fourth-order valence-electron chi connectivity index (χ4n) is 1.99. The first-order valence-electron chi connectivity index (χ1n) is 10.2. The molecule has 0 aromatic heterocycles. The van der Waals surface area contributed by atoms with Gasteiger partial charge in [-0.15, -0.1) is 0 Å². The molecule has 7 nitrogen and oxygen atoms in total. The Balaban J connectivity index is 0. The lowest BCUT2D eigenvalue weighted by atomic mass is 10.3. The number of methoxy groups -OCH3 is 3. The van der Waals surface area contributed by atoms with E-state index in [0.717, 1.165) is 19.6 Å². The summed E-state index contributed by atoms with van der Waals surface area (Å²) in [5.41, 5.74) is 0. The maximum atomic E-state index is 5.51. The van der Waals surface area contributed by atoms with E-state index in [9.17, 15) is 0 Å². The Morgan fingerprint density at radius 3 is 1.21 bits per heavy atom. The maximum Gasteiger partial charge on any atom is 0.0700 e. The average Bonchev–Trinajstić information content (AvgIpc) is 2.71. The second kappa shape index (κ2) is 29.4. The number of alkyl halides is 1. The van der Waals surface area contributed by atoms with Gasteiger partial charge in [-0.25, -0.2) is 0 Å². The Morgan fingerprint density at radius 2 is 0.964 bits per heavy atom. The molecule has 0 spiro atoms. The van der Waals surface area contributed by atoms with Gasteiger partial charge in [0, 0.05) is 46.3 Å². The molecule has 0 rings (SSSR count). The molecule has 0 aliphatic rings. The summed E-state index contributed by atoms with van der Waals surface area (Å²) < 4.78 is 31.4. The number of nitrogens with zero attached hydrogens (tertiary/aromatic N) is 1. The van der Waals surface area contributed by atoms with Crippen molar-refractivity contribution in [2.75, 3.05) is 106 Å². The Kier molecular flexibility index (Phi) is 31.9. The molecule has 0 aliphatic heterocycles. The van der Waals surface area contributed by atoms with Crippen molar-refractivity contribution in [1.82, 2.24) is 4.90 Å². The number of rotatable bonds is 21. The van der Waals surface area contributed by atoms with Crippen LogP contribution in [0.3, 0.4) is 0 Å². The summed E-state index contributed by atoms with van der Waals surface area (Å²) >= 11 is 3.35. The molecule has 0 atom stereocenters. The van der Waals surface area contributed by atoms with Crippen LogP contribution in [0.2, 0.25) is 0 Å². The SMILES string of the molecule is CCCCCBr.COCCOCCN(CCOCCOC)CCOCCOC. The van der Waals surface area contributed by atoms with E-state index in [4.69, 9.17) is 28.4 Å². The predicted molar refractivity (Wildman–Crippen MR) is 118 cm³/mol. The van der Waals surface area contributed by atoms with E-state index < -0.39 is 0 Å². The number of unbranched alkanes of at least 4 members (excludes halogenated alkanes) is 2. The third-order valence-electron chi connectivity index (χ3n) is 3.69. The van der Waals surface area contributed by atoms with Crippen molar-refractivity contribution in [2.24, 2.45) is 0 Å². The normalized spacial score (nSPS) is 10.9. The summed E-state index contributed by atoms with van der Waals surface area (Å²) in [6.45, 7) is 10.6. The zero-order chi connectivity index (χ0) is 21.1. The van der Waals surface area contributed by atoms with E-state index in [1.807, 2.05) is 0 Å². The lowest BCUT2D eigenvalue weighted by Gasteiger charge is -2.22. The van der Waals surface area contributed by atoms with Gasteiger partial charge in [-0.2, -0.15) is 0 Å². The van der Waals surface area contributed by atoms with Gasteiger partial charge in [0.25, 0.3) is 0 Å². The van der Waals surface area contributed by atoms with Crippen LogP contribution in [0.15, 0.2) is 0 Å². The van der Waals surface area contributed by atoms with E-state index in [1.54, 1.807) is 21.3 Å². The highest BCUT2D eigenvalue weighted by Gasteiger charge is 2.05. The van der Waals surface area contributed by atoms with Gasteiger partial charge in [0.05, 0.1) is 59.5 Å². The highest BCUT2D eigenvalue weighted by molar-refractivity contribution is 9.09. The van der Waals surface area contributed by atoms with Crippen molar-refractivity contribution >= 4 is 15.9 Å². The quantitative estimate of drug-likeness (QED) is 0.187. The molecule has 0 N–H and O–H groups in total. The van der Waals surface area contributed by atoms with Crippen molar-refractivity contribution in [3.05, 3.63) is 0 Å². The molecule has 172 valence electrons. The molecule has 0 aromatic carbocycles. The molecule has 0 radical (unpaired) electrons. The standard InChI is InChI=1S/C15H33NO6.C5H11Br/c1-17-10-13-20-7-4-16(5-8-21-14-11-18-2)6-9-22-15-12-19-3;1-2-3-4-5-6/h4-15H2,1-3H3;2-5H2,1H3. The fraction of sp³-hybridized carbons (Fsp3) is 1.00. The van der Waals surface area contributed by atoms with Crippen LogP contribution in [0.1, 0.15) is 26.2 Å². The predicted octanol–water partition coefficient (Wildman–Crippen LogP) is 2.85. The van der Waals surface area contributed by atoms with E-state index in [2.05, 4.69) is 27.8 Å². The molecule has 0 aliphatic carbocycles. The van der Waals surface area contributed by atoms with Gasteiger partial charge in [-0.05, 0) is 6.42 Å². The summed E-state index contributed by atoms with van der Waals surface area (Å²) in [6, 6.07) is 0. The molecular formula is C20H44BrNO6. The zero-order valence-corrected chi connectivity index (χ0v) is 20.2. The largest absolute Gasteiger partial charge is 0.382 e. The molecule has 0 amide bonds. The minimum absolute atomic E-state index is 0.624. The van der Waals surface area contributed by atoms with Gasteiger partial charge in [0.2, 0.25) is 0 Å². The maximum absolute atomic E-state index is 5.51. The van der Waals surface area contributed by atoms with Crippen LogP contribution in [0.5, 0.6) is 0 Å². The first kappa shape index (κ1) is 30.4. The van der Waals surface area contributed by atoms with E-state index in [1.165, 1.54) is 24.6 Å². The van der Waals surface area contributed by atoms with E-state index >= 15 is 0 Å². The number of ether oxygens (including phenoxy) is 6. The molecule has 28 heavy (non-hydrogen) atoms. The Morgan fingerprint density at radius 1 is 0.571 bits per heavy atom. The van der Waals surface area contributed by atoms with Gasteiger partial charge in [0.1, 0.15) is 0 Å². The van der Waals surface area contributed by atoms with Crippen LogP contribution in [-0.4, -0.2) is 111 Å². The number of halogens is 1. The van der Waals surface area contributed by atoms with Crippen LogP contribution in [0.25, 0.3) is 0 Å². The van der Waals surface area contributed by atoms with Crippen LogP contribution in [-0.2, 0) is 28.4 Å². The fourth-order valence-corrected chi connectivity index (χ4v) is 2.39. The molecule has 0 saturated carbocycles. The molecular weight excluding hydrogens is 430 g/mol. The molecule has 0 heterocycles. The molecule has 0 bridgehead atoms. The van der Waals surface area contributed by atoms with Crippen molar-refractivity contribution < 1.29 is 28.4 Å². The van der Waals surface area contributed by atoms with Gasteiger partial charge in [0.15, 0.2) is 0 Å². The van der Waals surface area contributed by atoms with E-state index in [-0.39, 0.29) is 0 Å². The molecule has 0 fully saturated rings. The zero-order valence-electron chi connectivity index (χ0n) is 18.6. The van der Waals surface area contributed by atoms with Crippen molar-refractivity contribution in [3.63, 3.8) is 0 Å². The summed E-state index contributed by atoms with van der Waals surface area (Å²) in [5.74, 6) is 0. The van der Waals surface area contributed by atoms with Crippen molar-refractivity contribution in [3.8, 4) is 0 Å². The van der Waals surface area contributed by atoms with Gasteiger partial charge in [-0.1, -0.05) is 35.7 Å². The minimum atomic E-state index is 0.624. The Labute approximate surface area is 181 Å². The molecule has 0 unspecified atom stereocenters. The average molecular weight is 474 g/mol. The first-order valence-corrected chi connectivity index (χ1v) is 11.4. The lowest BCUT2D eigenvalue weighted by molar-refractivity contribution is 0.0223. The minimum Gasteiger partial charge on any atom is -0.382 e. The summed E-state index contributed by atoms with van der Waals surface area (Å²) in [7, 11) is 5.01. The Bertz CT molecular complexity index is 228. The first-order chi connectivity index (χ1) is 13.8. The molecule has 8 heteroatoms. The van der Waals surface area contributed by atoms with Crippen LogP contribution in [0, 0.1) is 0 Å². The topological polar surface area (TPSA) is 58.6 Å². The third-order valence-corrected chi connectivity index (χ3v) is 4.25. The van der Waals surface area contributed by atoms with Crippen molar-refractivity contribution in [1.29, 1.82) is 0 Å². The van der Waals surface area contributed by atoms with Gasteiger partial charge < -0.3 is 28.4 Å². The smallest absolute Gasteiger partial charge is 0.0700 e. The van der Waals surface area contributed by atoms with Gasteiger partial charge >= 0.3 is 0 Å². The third kappa shape index (κ3) is 28.4. The number of hydrogen-bond donors (Lipinski definition) is 0. The second-order valence-electron chi connectivity index (χ2n) is 6.05. The summed E-state index contributed by atoms with van der Waals surface area (Å²) in [5, 5.41) is 1.17. The van der Waals surface area contributed by atoms with Crippen LogP contribution in [0.4, 0.5) is 0 Å². The van der Waals surface area contributed by atoms with Gasteiger partial charge in [-0.3, -0.25) is 4.90 Å². The highest BCUT2D eigenvalue weighted by atomic mass is 79.9. The second-order valence-corrected chi connectivity index (χ2v) is 6.85.